The minimum Gasteiger partial charge on any atom is -0.483 e. The van der Waals surface area contributed by atoms with E-state index in [0.29, 0.717) is 5.75 Å². The minimum absolute atomic E-state index is 0.101. The lowest BCUT2D eigenvalue weighted by molar-refractivity contribution is 0.199. The maximum Gasteiger partial charge on any atom is 0.234 e. The van der Waals surface area contributed by atoms with Crippen LogP contribution in [0, 0.1) is 6.92 Å². The van der Waals surface area contributed by atoms with Crippen molar-refractivity contribution in [1.29, 1.82) is 0 Å². The predicted octanol–water partition coefficient (Wildman–Crippen LogP) is 4.17. The molecule has 0 radical (unpaired) electrons. The van der Waals surface area contributed by atoms with Gasteiger partial charge < -0.3 is 4.74 Å². The van der Waals surface area contributed by atoms with Gasteiger partial charge >= 0.3 is 0 Å². The Balaban J connectivity index is 1.52. The molecule has 10 heteroatoms. The summed E-state index contributed by atoms with van der Waals surface area (Å²) in [6.07, 6.45) is 0.725. The van der Waals surface area contributed by atoms with Gasteiger partial charge in [-0.25, -0.2) is 0 Å². The number of hydrogen-bond donors (Lipinski definition) is 0. The molecule has 0 spiro atoms. The standard InChI is InChI=1S/C16H16N6OS3/c1-3-12(23-11-7-5-4-6-8-11)14-21-22-13(18-19-15(22)26-14)9-24-16-20-17-10(2)25-16/h4-8,12H,3,9H2,1-2H3/t12-/m0/s1. The second kappa shape index (κ2) is 7.68. The molecule has 3 aromatic heterocycles. The average molecular weight is 405 g/mol. The number of rotatable bonds is 7. The highest BCUT2D eigenvalue weighted by molar-refractivity contribution is 8.00. The van der Waals surface area contributed by atoms with Gasteiger partial charge in [0.2, 0.25) is 4.96 Å². The fourth-order valence-electron chi connectivity index (χ4n) is 2.33. The van der Waals surface area contributed by atoms with Crippen molar-refractivity contribution in [1.82, 2.24) is 30.0 Å². The van der Waals surface area contributed by atoms with Crippen LogP contribution in [0.3, 0.4) is 0 Å². The van der Waals surface area contributed by atoms with E-state index in [-0.39, 0.29) is 6.10 Å². The van der Waals surface area contributed by atoms with Crippen molar-refractivity contribution >= 4 is 39.4 Å². The first-order valence-corrected chi connectivity index (χ1v) is 10.7. The van der Waals surface area contributed by atoms with Crippen molar-refractivity contribution in [2.24, 2.45) is 0 Å². The van der Waals surface area contributed by atoms with Gasteiger partial charge in [0, 0.05) is 0 Å². The summed E-state index contributed by atoms with van der Waals surface area (Å²) in [5, 5.41) is 23.2. The number of aromatic nitrogens is 6. The third-order valence-electron chi connectivity index (χ3n) is 3.57. The lowest BCUT2D eigenvalue weighted by Gasteiger charge is -2.14. The molecule has 0 N–H and O–H groups in total. The molecular weight excluding hydrogens is 388 g/mol. The predicted molar refractivity (Wildman–Crippen MR) is 103 cm³/mol. The molecule has 0 bridgehead atoms. The SMILES string of the molecule is CC[C@H](Oc1ccccc1)c1nn2c(CSc3nnc(C)s3)nnc2s1. The molecule has 0 amide bonds. The Bertz CT molecular complexity index is 996. The monoisotopic (exact) mass is 404 g/mol. The summed E-state index contributed by atoms with van der Waals surface area (Å²) in [6, 6.07) is 9.81. The maximum absolute atomic E-state index is 6.09. The molecule has 26 heavy (non-hydrogen) atoms. The van der Waals surface area contributed by atoms with Gasteiger partial charge in [-0.1, -0.05) is 59.6 Å². The Hall–Kier alpha value is -2.04. The first-order chi connectivity index (χ1) is 12.7. The Labute approximate surface area is 162 Å². The van der Waals surface area contributed by atoms with Crippen molar-refractivity contribution < 1.29 is 4.74 Å². The average Bonchev–Trinajstić information content (AvgIpc) is 3.35. The highest BCUT2D eigenvalue weighted by Gasteiger charge is 2.20. The van der Waals surface area contributed by atoms with E-state index in [1.165, 1.54) is 11.3 Å². The zero-order chi connectivity index (χ0) is 17.9. The topological polar surface area (TPSA) is 78.1 Å². The van der Waals surface area contributed by atoms with Gasteiger partial charge in [-0.15, -0.1) is 20.4 Å². The van der Waals surface area contributed by atoms with Crippen LogP contribution in [-0.4, -0.2) is 30.0 Å². The minimum atomic E-state index is -0.101. The lowest BCUT2D eigenvalue weighted by Crippen LogP contribution is -2.07. The van der Waals surface area contributed by atoms with Crippen LogP contribution in [0.1, 0.15) is 35.3 Å². The molecule has 7 nitrogen and oxygen atoms in total. The number of para-hydroxylation sites is 1. The molecule has 0 fully saturated rings. The van der Waals surface area contributed by atoms with Gasteiger partial charge in [0.05, 0.1) is 5.75 Å². The number of benzene rings is 1. The molecule has 4 rings (SSSR count). The van der Waals surface area contributed by atoms with E-state index in [4.69, 9.17) is 9.84 Å². The number of thioether (sulfide) groups is 1. The van der Waals surface area contributed by atoms with Crippen molar-refractivity contribution in [3.8, 4) is 5.75 Å². The summed E-state index contributed by atoms with van der Waals surface area (Å²) in [6.45, 7) is 4.03. The summed E-state index contributed by atoms with van der Waals surface area (Å²) in [4.78, 5) is 0.777. The van der Waals surface area contributed by atoms with E-state index in [2.05, 4.69) is 27.3 Å². The summed E-state index contributed by atoms with van der Waals surface area (Å²) in [5.74, 6) is 2.29. The summed E-state index contributed by atoms with van der Waals surface area (Å²) in [7, 11) is 0. The van der Waals surface area contributed by atoms with Crippen LogP contribution in [0.5, 0.6) is 5.75 Å². The van der Waals surface area contributed by atoms with Crippen molar-refractivity contribution in [3.05, 3.63) is 46.2 Å². The Kier molecular flexibility index (Phi) is 5.14. The van der Waals surface area contributed by atoms with Crippen LogP contribution in [0.15, 0.2) is 34.7 Å². The van der Waals surface area contributed by atoms with Crippen LogP contribution in [-0.2, 0) is 5.75 Å². The van der Waals surface area contributed by atoms with Gasteiger partial charge in [0.25, 0.3) is 0 Å². The van der Waals surface area contributed by atoms with E-state index in [1.54, 1.807) is 27.6 Å². The van der Waals surface area contributed by atoms with Gasteiger partial charge in [0.15, 0.2) is 21.3 Å². The van der Waals surface area contributed by atoms with E-state index in [9.17, 15) is 0 Å². The molecule has 0 unspecified atom stereocenters. The van der Waals surface area contributed by atoms with Gasteiger partial charge in [0.1, 0.15) is 10.8 Å². The zero-order valence-electron chi connectivity index (χ0n) is 14.2. The number of aryl methyl sites for hydroxylation is 1. The van der Waals surface area contributed by atoms with E-state index in [0.717, 1.165) is 37.3 Å². The van der Waals surface area contributed by atoms with Gasteiger partial charge in [-0.3, -0.25) is 0 Å². The summed E-state index contributed by atoms with van der Waals surface area (Å²) in [5.41, 5.74) is 0. The van der Waals surface area contributed by atoms with Gasteiger partial charge in [-0.2, -0.15) is 9.61 Å². The molecule has 134 valence electrons. The van der Waals surface area contributed by atoms with Crippen LogP contribution < -0.4 is 4.74 Å². The fraction of sp³-hybridized carbons (Fsp3) is 0.312. The second-order valence-corrected chi connectivity index (χ2v) is 8.85. The molecule has 0 aliphatic heterocycles. The number of nitrogens with zero attached hydrogens (tertiary/aromatic N) is 6. The largest absolute Gasteiger partial charge is 0.483 e. The van der Waals surface area contributed by atoms with Crippen molar-refractivity contribution in [2.45, 2.75) is 36.5 Å². The molecular formula is C16H16N6OS3. The molecule has 4 aromatic rings. The molecule has 0 saturated heterocycles. The van der Waals surface area contributed by atoms with Crippen LogP contribution in [0.25, 0.3) is 4.96 Å². The van der Waals surface area contributed by atoms with Crippen molar-refractivity contribution in [2.75, 3.05) is 0 Å². The second-order valence-electron chi connectivity index (χ2n) is 5.45. The van der Waals surface area contributed by atoms with Crippen LogP contribution in [0.4, 0.5) is 0 Å². The van der Waals surface area contributed by atoms with Crippen molar-refractivity contribution in [3.63, 3.8) is 0 Å². The Morgan fingerprint density at radius 1 is 1.12 bits per heavy atom. The normalized spacial score (nSPS) is 12.5. The van der Waals surface area contributed by atoms with Crippen LogP contribution >= 0.6 is 34.4 Å². The first-order valence-electron chi connectivity index (χ1n) is 8.08. The molecule has 0 saturated carbocycles. The first kappa shape index (κ1) is 17.4. The quantitative estimate of drug-likeness (QED) is 0.428. The highest BCUT2D eigenvalue weighted by atomic mass is 32.2. The van der Waals surface area contributed by atoms with E-state index >= 15 is 0 Å². The maximum atomic E-state index is 6.09. The van der Waals surface area contributed by atoms with Gasteiger partial charge in [-0.05, 0) is 25.5 Å². The van der Waals surface area contributed by atoms with Crippen LogP contribution in [0.2, 0.25) is 0 Å². The van der Waals surface area contributed by atoms with E-state index in [1.807, 2.05) is 37.3 Å². The molecule has 3 heterocycles. The number of hydrogen-bond acceptors (Lipinski definition) is 9. The smallest absolute Gasteiger partial charge is 0.234 e. The third-order valence-corrected chi connectivity index (χ3v) is 6.53. The third kappa shape index (κ3) is 3.71. The Morgan fingerprint density at radius 2 is 1.96 bits per heavy atom. The summed E-state index contributed by atoms with van der Waals surface area (Å²) >= 11 is 4.68. The zero-order valence-corrected chi connectivity index (χ0v) is 16.6. The summed E-state index contributed by atoms with van der Waals surface area (Å²) < 4.78 is 8.81. The highest BCUT2D eigenvalue weighted by Crippen LogP contribution is 2.30. The Morgan fingerprint density at radius 3 is 2.69 bits per heavy atom. The number of fused-ring (bicyclic) bond motifs is 1. The van der Waals surface area contributed by atoms with E-state index < -0.39 is 0 Å². The number of ether oxygens (including phenoxy) is 1. The fourth-order valence-corrected chi connectivity index (χ4v) is 5.02. The molecule has 0 aliphatic rings. The molecule has 0 aliphatic carbocycles. The lowest BCUT2D eigenvalue weighted by atomic mass is 10.3. The molecule has 1 atom stereocenters. The molecule has 1 aromatic carbocycles.